The lowest BCUT2D eigenvalue weighted by Gasteiger charge is -2.34. The summed E-state index contributed by atoms with van der Waals surface area (Å²) in [5.74, 6) is 1.39. The Morgan fingerprint density at radius 2 is 1.97 bits per heavy atom. The highest BCUT2D eigenvalue weighted by molar-refractivity contribution is 5.89. The van der Waals surface area contributed by atoms with E-state index in [4.69, 9.17) is 9.51 Å². The molecule has 2 atom stereocenters. The lowest BCUT2D eigenvalue weighted by atomic mass is 9.90. The van der Waals surface area contributed by atoms with Gasteiger partial charge in [0.2, 0.25) is 17.8 Å². The van der Waals surface area contributed by atoms with Gasteiger partial charge in [-0.2, -0.15) is 0 Å². The van der Waals surface area contributed by atoms with Crippen molar-refractivity contribution in [3.05, 3.63) is 23.7 Å². The second-order valence-corrected chi connectivity index (χ2v) is 9.29. The lowest BCUT2D eigenvalue weighted by Crippen LogP contribution is -2.43. The second kappa shape index (κ2) is 8.52. The van der Waals surface area contributed by atoms with E-state index in [0.717, 1.165) is 68.2 Å². The van der Waals surface area contributed by atoms with Crippen LogP contribution in [0.15, 0.2) is 16.8 Å². The summed E-state index contributed by atoms with van der Waals surface area (Å²) >= 11 is 0. The van der Waals surface area contributed by atoms with Crippen molar-refractivity contribution in [2.24, 2.45) is 5.92 Å². The molecule has 0 radical (unpaired) electrons. The van der Waals surface area contributed by atoms with Crippen molar-refractivity contribution in [2.75, 3.05) is 44.7 Å². The molecule has 170 valence electrons. The van der Waals surface area contributed by atoms with E-state index in [-0.39, 0.29) is 23.7 Å². The minimum atomic E-state index is -0.242. The SMILES string of the molecule is Cc1cc(-c2cnc(N3CCCC3)nc2[C@@H]2CCCN(C(=O)[C@H]3CC(=O)N(C)C3)C2)on1. The third-order valence-electron chi connectivity index (χ3n) is 6.90. The maximum atomic E-state index is 13.2. The highest BCUT2D eigenvalue weighted by Gasteiger charge is 2.37. The topological polar surface area (TPSA) is 95.7 Å². The van der Waals surface area contributed by atoms with Crippen molar-refractivity contribution in [1.82, 2.24) is 24.9 Å². The number of carbonyl (C=O) groups is 2. The standard InChI is InChI=1S/C23H30N6O3/c1-15-10-19(32-26-15)18-12-24-23(28-7-3-4-8-28)25-21(18)16-6-5-9-29(14-16)22(31)17-11-20(30)27(2)13-17/h10,12,16-17H,3-9,11,13-14H2,1-2H3/t16-,17+/m1/s1. The van der Waals surface area contributed by atoms with Gasteiger partial charge in [0.25, 0.3) is 0 Å². The van der Waals surface area contributed by atoms with Crippen LogP contribution in [0.3, 0.4) is 0 Å². The summed E-state index contributed by atoms with van der Waals surface area (Å²) in [7, 11) is 1.76. The Labute approximate surface area is 187 Å². The quantitative estimate of drug-likeness (QED) is 0.722. The van der Waals surface area contributed by atoms with E-state index in [9.17, 15) is 9.59 Å². The molecule has 9 nitrogen and oxygen atoms in total. The van der Waals surface area contributed by atoms with Crippen LogP contribution in [-0.2, 0) is 9.59 Å². The number of aryl methyl sites for hydroxylation is 1. The molecule has 5 rings (SSSR count). The van der Waals surface area contributed by atoms with Crippen LogP contribution >= 0.6 is 0 Å². The fourth-order valence-corrected chi connectivity index (χ4v) is 5.13. The molecule has 0 N–H and O–H groups in total. The summed E-state index contributed by atoms with van der Waals surface area (Å²) in [5.41, 5.74) is 2.59. The number of nitrogens with zero attached hydrogens (tertiary/aromatic N) is 6. The molecular formula is C23H30N6O3. The average Bonchev–Trinajstić information content (AvgIpc) is 3.56. The van der Waals surface area contributed by atoms with Crippen molar-refractivity contribution >= 4 is 17.8 Å². The Morgan fingerprint density at radius 3 is 2.66 bits per heavy atom. The summed E-state index contributed by atoms with van der Waals surface area (Å²) < 4.78 is 5.56. The number of carbonyl (C=O) groups excluding carboxylic acids is 2. The van der Waals surface area contributed by atoms with Gasteiger partial charge in [0.15, 0.2) is 5.76 Å². The molecule has 0 saturated carbocycles. The van der Waals surface area contributed by atoms with Crippen LogP contribution in [-0.4, -0.2) is 76.5 Å². The Kier molecular flexibility index (Phi) is 5.57. The summed E-state index contributed by atoms with van der Waals surface area (Å²) in [6.07, 6.45) is 6.33. The Morgan fingerprint density at radius 1 is 1.16 bits per heavy atom. The number of likely N-dealkylation sites (tertiary alicyclic amines) is 2. The lowest BCUT2D eigenvalue weighted by molar-refractivity contribution is -0.137. The maximum absolute atomic E-state index is 13.2. The molecule has 9 heteroatoms. The number of hydrogen-bond donors (Lipinski definition) is 0. The Bertz CT molecular complexity index is 1010. The third kappa shape index (κ3) is 3.96. The van der Waals surface area contributed by atoms with E-state index in [1.807, 2.05) is 24.1 Å². The first kappa shape index (κ1) is 20.9. The van der Waals surface area contributed by atoms with Crippen molar-refractivity contribution in [3.8, 4) is 11.3 Å². The number of rotatable bonds is 4. The number of aromatic nitrogens is 3. The summed E-state index contributed by atoms with van der Waals surface area (Å²) in [4.78, 5) is 40.6. The molecule has 0 bridgehead atoms. The molecular weight excluding hydrogens is 408 g/mol. The molecule has 2 aromatic heterocycles. The zero-order valence-corrected chi connectivity index (χ0v) is 18.8. The van der Waals surface area contributed by atoms with Gasteiger partial charge >= 0.3 is 0 Å². The van der Waals surface area contributed by atoms with Crippen LogP contribution in [0.25, 0.3) is 11.3 Å². The molecule has 0 spiro atoms. The highest BCUT2D eigenvalue weighted by Crippen LogP contribution is 2.35. The highest BCUT2D eigenvalue weighted by atomic mass is 16.5. The largest absolute Gasteiger partial charge is 0.356 e. The Balaban J connectivity index is 1.43. The first-order valence-corrected chi connectivity index (χ1v) is 11.6. The van der Waals surface area contributed by atoms with Crippen LogP contribution < -0.4 is 4.90 Å². The van der Waals surface area contributed by atoms with Crippen LogP contribution in [0.5, 0.6) is 0 Å². The summed E-state index contributed by atoms with van der Waals surface area (Å²) in [6.45, 7) is 5.67. The average molecular weight is 439 g/mol. The fraction of sp³-hybridized carbons (Fsp3) is 0.609. The van der Waals surface area contributed by atoms with Gasteiger partial charge in [-0.25, -0.2) is 9.97 Å². The smallest absolute Gasteiger partial charge is 0.228 e. The van der Waals surface area contributed by atoms with Gasteiger partial charge in [-0.1, -0.05) is 5.16 Å². The van der Waals surface area contributed by atoms with Crippen LogP contribution in [0.1, 0.15) is 49.4 Å². The molecule has 3 saturated heterocycles. The van der Waals surface area contributed by atoms with E-state index in [1.165, 1.54) is 0 Å². The van der Waals surface area contributed by atoms with Gasteiger partial charge in [-0.15, -0.1) is 0 Å². The predicted molar refractivity (Wildman–Crippen MR) is 118 cm³/mol. The summed E-state index contributed by atoms with van der Waals surface area (Å²) in [6, 6.07) is 1.91. The van der Waals surface area contributed by atoms with Gasteiger partial charge in [0, 0.05) is 64.4 Å². The van der Waals surface area contributed by atoms with Crippen LogP contribution in [0, 0.1) is 12.8 Å². The van der Waals surface area contributed by atoms with E-state index < -0.39 is 0 Å². The fourth-order valence-electron chi connectivity index (χ4n) is 5.13. The molecule has 3 fully saturated rings. The zero-order chi connectivity index (χ0) is 22.2. The van der Waals surface area contributed by atoms with E-state index in [1.54, 1.807) is 11.9 Å². The van der Waals surface area contributed by atoms with Crippen LogP contribution in [0.4, 0.5) is 5.95 Å². The van der Waals surface area contributed by atoms with E-state index in [0.29, 0.717) is 25.3 Å². The van der Waals surface area contributed by atoms with E-state index >= 15 is 0 Å². The number of amides is 2. The Hall–Kier alpha value is -2.97. The monoisotopic (exact) mass is 438 g/mol. The normalized spacial score (nSPS) is 23.9. The first-order chi connectivity index (χ1) is 15.5. The molecule has 0 aromatic carbocycles. The third-order valence-corrected chi connectivity index (χ3v) is 6.90. The van der Waals surface area contributed by atoms with Gasteiger partial charge in [-0.05, 0) is 32.6 Å². The van der Waals surface area contributed by atoms with Crippen LogP contribution in [0.2, 0.25) is 0 Å². The minimum absolute atomic E-state index is 0.0472. The van der Waals surface area contributed by atoms with Crippen molar-refractivity contribution in [1.29, 1.82) is 0 Å². The predicted octanol–water partition coefficient (Wildman–Crippen LogP) is 2.22. The molecule has 0 aliphatic carbocycles. The molecule has 2 aromatic rings. The number of hydrogen-bond acceptors (Lipinski definition) is 7. The minimum Gasteiger partial charge on any atom is -0.356 e. The molecule has 3 aliphatic rings. The maximum Gasteiger partial charge on any atom is 0.228 e. The van der Waals surface area contributed by atoms with Gasteiger partial charge in [-0.3, -0.25) is 9.59 Å². The van der Waals surface area contributed by atoms with E-state index in [2.05, 4.69) is 15.0 Å². The van der Waals surface area contributed by atoms with Crippen molar-refractivity contribution in [2.45, 2.75) is 44.9 Å². The van der Waals surface area contributed by atoms with Gasteiger partial charge in [0.05, 0.1) is 22.9 Å². The van der Waals surface area contributed by atoms with Gasteiger partial charge in [0.1, 0.15) is 0 Å². The van der Waals surface area contributed by atoms with Crippen molar-refractivity contribution in [3.63, 3.8) is 0 Å². The molecule has 2 amide bonds. The molecule has 5 heterocycles. The molecule has 32 heavy (non-hydrogen) atoms. The number of piperidine rings is 1. The first-order valence-electron chi connectivity index (χ1n) is 11.6. The second-order valence-electron chi connectivity index (χ2n) is 9.29. The molecule has 3 aliphatic heterocycles. The zero-order valence-electron chi connectivity index (χ0n) is 18.8. The summed E-state index contributed by atoms with van der Waals surface area (Å²) in [5, 5.41) is 4.05. The number of anilines is 1. The van der Waals surface area contributed by atoms with Crippen molar-refractivity contribution < 1.29 is 14.1 Å². The molecule has 0 unspecified atom stereocenters. The van der Waals surface area contributed by atoms with Gasteiger partial charge < -0.3 is 19.2 Å².